The Morgan fingerprint density at radius 2 is 2.27 bits per heavy atom. The number of hydrogen-bond acceptors (Lipinski definition) is 3. The lowest BCUT2D eigenvalue weighted by Crippen LogP contribution is -2.12. The molecule has 1 aromatic heterocycles. The van der Waals surface area contributed by atoms with Crippen molar-refractivity contribution in [3.05, 3.63) is 55.9 Å². The highest BCUT2D eigenvalue weighted by Crippen LogP contribution is 2.40. The lowest BCUT2D eigenvalue weighted by Gasteiger charge is -2.20. The molecule has 3 rings (SSSR count). The zero-order valence-corrected chi connectivity index (χ0v) is 16.6. The highest BCUT2D eigenvalue weighted by Gasteiger charge is 2.25. The van der Waals surface area contributed by atoms with Crippen LogP contribution in [0, 0.1) is 17.2 Å². The van der Waals surface area contributed by atoms with Gasteiger partial charge in [0.2, 0.25) is 5.91 Å². The molecule has 0 spiro atoms. The van der Waals surface area contributed by atoms with E-state index in [2.05, 4.69) is 18.3 Å². The third-order valence-electron chi connectivity index (χ3n) is 4.67. The van der Waals surface area contributed by atoms with Crippen molar-refractivity contribution in [1.82, 2.24) is 0 Å². The van der Waals surface area contributed by atoms with E-state index in [4.69, 9.17) is 23.2 Å². The second-order valence-electron chi connectivity index (χ2n) is 6.33. The summed E-state index contributed by atoms with van der Waals surface area (Å²) < 4.78 is 0. The number of hydrogen-bond donors (Lipinski definition) is 1. The van der Waals surface area contributed by atoms with Crippen LogP contribution < -0.4 is 5.32 Å². The van der Waals surface area contributed by atoms with Crippen LogP contribution in [0.4, 0.5) is 5.00 Å². The van der Waals surface area contributed by atoms with Crippen LogP contribution in [0.15, 0.2) is 24.3 Å². The molecule has 1 heterocycles. The second-order valence-corrected chi connectivity index (χ2v) is 8.27. The van der Waals surface area contributed by atoms with Gasteiger partial charge in [0, 0.05) is 21.0 Å². The lowest BCUT2D eigenvalue weighted by molar-refractivity contribution is -0.111. The van der Waals surface area contributed by atoms with E-state index in [0.29, 0.717) is 32.1 Å². The van der Waals surface area contributed by atoms with E-state index in [1.807, 2.05) is 0 Å². The summed E-state index contributed by atoms with van der Waals surface area (Å²) in [6.45, 7) is 2.20. The Kier molecular flexibility index (Phi) is 6.03. The molecule has 0 saturated heterocycles. The smallest absolute Gasteiger partial charge is 0.249 e. The quantitative estimate of drug-likeness (QED) is 0.626. The first-order chi connectivity index (χ1) is 12.5. The summed E-state index contributed by atoms with van der Waals surface area (Å²) in [5.74, 6) is 0.390. The van der Waals surface area contributed by atoms with Crippen molar-refractivity contribution < 1.29 is 4.79 Å². The Balaban J connectivity index is 1.76. The van der Waals surface area contributed by atoms with Gasteiger partial charge in [-0.1, -0.05) is 42.6 Å². The van der Waals surface area contributed by atoms with Gasteiger partial charge in [0.05, 0.1) is 5.56 Å². The van der Waals surface area contributed by atoms with Gasteiger partial charge < -0.3 is 5.32 Å². The maximum atomic E-state index is 12.3. The molecule has 1 aliphatic rings. The Morgan fingerprint density at radius 3 is 2.96 bits per heavy atom. The largest absolute Gasteiger partial charge is 0.313 e. The van der Waals surface area contributed by atoms with Gasteiger partial charge >= 0.3 is 0 Å². The summed E-state index contributed by atoms with van der Waals surface area (Å²) in [6, 6.07) is 7.37. The maximum absolute atomic E-state index is 12.3. The molecule has 1 aliphatic carbocycles. The van der Waals surface area contributed by atoms with Gasteiger partial charge in [-0.25, -0.2) is 0 Å². The number of amides is 1. The molecule has 0 fully saturated rings. The van der Waals surface area contributed by atoms with Crippen LogP contribution in [0.2, 0.25) is 10.0 Å². The van der Waals surface area contributed by atoms with Crippen molar-refractivity contribution in [2.75, 3.05) is 5.32 Å². The molecule has 0 aliphatic heterocycles. The molecule has 1 atom stereocenters. The van der Waals surface area contributed by atoms with Gasteiger partial charge in [0.15, 0.2) is 0 Å². The number of nitriles is 1. The van der Waals surface area contributed by atoms with Crippen molar-refractivity contribution in [1.29, 1.82) is 5.26 Å². The summed E-state index contributed by atoms with van der Waals surface area (Å²) >= 11 is 13.5. The minimum Gasteiger partial charge on any atom is -0.313 e. The minimum atomic E-state index is -0.279. The van der Waals surface area contributed by atoms with E-state index in [1.54, 1.807) is 24.3 Å². The second kappa shape index (κ2) is 8.26. The molecule has 26 heavy (non-hydrogen) atoms. The van der Waals surface area contributed by atoms with E-state index >= 15 is 0 Å². The molecule has 1 unspecified atom stereocenters. The van der Waals surface area contributed by atoms with E-state index in [0.717, 1.165) is 31.2 Å². The number of thiophene rings is 1. The first kappa shape index (κ1) is 19.0. The molecule has 0 radical (unpaired) electrons. The standard InChI is InChI=1S/C20H18Cl2N2OS/c1-2-12-3-7-15-16(11-23)20(26-18(15)9-12)24-19(25)8-5-13-4-6-14(21)10-17(13)22/h4-6,8,10,12H,2-3,7,9H2,1H3,(H,24,25). The Hall–Kier alpha value is -1.80. The number of carbonyl (C=O) groups is 1. The first-order valence-electron chi connectivity index (χ1n) is 8.50. The van der Waals surface area contributed by atoms with Crippen molar-refractivity contribution in [3.63, 3.8) is 0 Å². The molecule has 0 bridgehead atoms. The Bertz CT molecular complexity index is 911. The number of carbonyl (C=O) groups excluding carboxylic acids is 1. The average molecular weight is 405 g/mol. The molecule has 6 heteroatoms. The monoisotopic (exact) mass is 404 g/mol. The molecule has 1 N–H and O–H groups in total. The van der Waals surface area contributed by atoms with E-state index in [9.17, 15) is 10.1 Å². The lowest BCUT2D eigenvalue weighted by atomic mass is 9.86. The molecule has 3 nitrogen and oxygen atoms in total. The number of rotatable bonds is 4. The fourth-order valence-corrected chi connectivity index (χ4v) is 4.95. The maximum Gasteiger partial charge on any atom is 0.249 e. The minimum absolute atomic E-state index is 0.279. The third kappa shape index (κ3) is 4.12. The summed E-state index contributed by atoms with van der Waals surface area (Å²) in [6.07, 6.45) is 7.23. The predicted molar refractivity (Wildman–Crippen MR) is 109 cm³/mol. The van der Waals surface area contributed by atoms with Crippen LogP contribution in [-0.2, 0) is 17.6 Å². The van der Waals surface area contributed by atoms with E-state index in [1.165, 1.54) is 22.3 Å². The number of nitrogens with one attached hydrogen (secondary N) is 1. The number of nitrogens with zero attached hydrogens (tertiary/aromatic N) is 1. The fraction of sp³-hybridized carbons (Fsp3) is 0.300. The molecule has 134 valence electrons. The summed E-state index contributed by atoms with van der Waals surface area (Å²) in [5, 5.41) is 14.1. The number of anilines is 1. The third-order valence-corrected chi connectivity index (χ3v) is 6.40. The number of benzene rings is 1. The van der Waals surface area contributed by atoms with E-state index < -0.39 is 0 Å². The van der Waals surface area contributed by atoms with Crippen LogP contribution in [0.5, 0.6) is 0 Å². The topological polar surface area (TPSA) is 52.9 Å². The number of halogens is 2. The Morgan fingerprint density at radius 1 is 1.46 bits per heavy atom. The highest BCUT2D eigenvalue weighted by atomic mass is 35.5. The first-order valence-corrected chi connectivity index (χ1v) is 10.1. The predicted octanol–water partition coefficient (Wildman–Crippen LogP) is 6.09. The summed E-state index contributed by atoms with van der Waals surface area (Å²) in [4.78, 5) is 13.5. The van der Waals surface area contributed by atoms with Gasteiger partial charge in [0.1, 0.15) is 11.1 Å². The summed E-state index contributed by atoms with van der Waals surface area (Å²) in [5.41, 5.74) is 2.44. The highest BCUT2D eigenvalue weighted by molar-refractivity contribution is 7.16. The van der Waals surface area contributed by atoms with Crippen molar-refractivity contribution >= 4 is 51.5 Å². The molecule has 0 saturated carbocycles. The normalized spacial score (nSPS) is 16.3. The molecule has 1 amide bonds. The fourth-order valence-electron chi connectivity index (χ4n) is 3.16. The summed E-state index contributed by atoms with van der Waals surface area (Å²) in [7, 11) is 0. The zero-order chi connectivity index (χ0) is 18.7. The molecular formula is C20H18Cl2N2OS. The molecule has 2 aromatic rings. The van der Waals surface area contributed by atoms with Crippen molar-refractivity contribution in [2.45, 2.75) is 32.6 Å². The van der Waals surface area contributed by atoms with Crippen LogP contribution in [0.3, 0.4) is 0 Å². The van der Waals surface area contributed by atoms with Crippen molar-refractivity contribution in [2.24, 2.45) is 5.92 Å². The van der Waals surface area contributed by atoms with Gasteiger partial charge in [-0.2, -0.15) is 5.26 Å². The van der Waals surface area contributed by atoms with Crippen LogP contribution in [0.1, 0.15) is 41.3 Å². The Labute approximate surface area is 167 Å². The SMILES string of the molecule is CCC1CCc2c(sc(NC(=O)C=Cc3ccc(Cl)cc3Cl)c2C#N)C1. The number of fused-ring (bicyclic) bond motifs is 1. The van der Waals surface area contributed by atoms with Gasteiger partial charge in [0.25, 0.3) is 0 Å². The van der Waals surface area contributed by atoms with Gasteiger partial charge in [-0.05, 0) is 54.5 Å². The molecular weight excluding hydrogens is 387 g/mol. The van der Waals surface area contributed by atoms with Crippen LogP contribution >= 0.6 is 34.5 Å². The van der Waals surface area contributed by atoms with E-state index in [-0.39, 0.29) is 5.91 Å². The van der Waals surface area contributed by atoms with Crippen LogP contribution in [0.25, 0.3) is 6.08 Å². The van der Waals surface area contributed by atoms with Gasteiger partial charge in [-0.15, -0.1) is 11.3 Å². The zero-order valence-electron chi connectivity index (χ0n) is 14.3. The van der Waals surface area contributed by atoms with Crippen LogP contribution in [-0.4, -0.2) is 5.91 Å². The average Bonchev–Trinajstić information content (AvgIpc) is 2.96. The van der Waals surface area contributed by atoms with Gasteiger partial charge in [-0.3, -0.25) is 4.79 Å². The van der Waals surface area contributed by atoms with Crippen molar-refractivity contribution in [3.8, 4) is 6.07 Å². The molecule has 1 aromatic carbocycles.